The molecule has 0 unspecified atom stereocenters. The van der Waals surface area contributed by atoms with Crippen molar-refractivity contribution in [3.8, 4) is 11.5 Å². The van der Waals surface area contributed by atoms with Crippen LogP contribution in [-0.2, 0) is 6.42 Å². The number of fused-ring (bicyclic) bond motifs is 2. The van der Waals surface area contributed by atoms with Crippen molar-refractivity contribution in [1.29, 1.82) is 0 Å². The molecule has 4 aromatic heterocycles. The van der Waals surface area contributed by atoms with Crippen LogP contribution < -0.4 is 0 Å². The third-order valence-corrected chi connectivity index (χ3v) is 5.77. The molecule has 0 radical (unpaired) electrons. The summed E-state index contributed by atoms with van der Waals surface area (Å²) in [4.78, 5) is 5.43. The van der Waals surface area contributed by atoms with Crippen LogP contribution in [0.1, 0.15) is 27.4 Å². The van der Waals surface area contributed by atoms with Crippen molar-refractivity contribution in [3.05, 3.63) is 70.0 Å². The summed E-state index contributed by atoms with van der Waals surface area (Å²) in [6, 6.07) is 12.5. The standard InChI is InChI=1S/C20H18N6S/c1-12-7-8-15(10-13(12)2)11-17-24-26-19(22-23-20(26)27-17)18-14(3)21-16-6-4-5-9-25(16)18/h4-10H,11H2,1-3H3. The van der Waals surface area contributed by atoms with Gasteiger partial charge in [0, 0.05) is 12.6 Å². The highest BCUT2D eigenvalue weighted by Crippen LogP contribution is 2.26. The number of hydrogen-bond donors (Lipinski definition) is 0. The van der Waals surface area contributed by atoms with E-state index in [1.54, 1.807) is 11.3 Å². The van der Waals surface area contributed by atoms with Crippen LogP contribution in [0.15, 0.2) is 42.6 Å². The molecule has 0 fully saturated rings. The molecule has 0 aliphatic heterocycles. The van der Waals surface area contributed by atoms with Crippen LogP contribution in [0.25, 0.3) is 22.1 Å². The zero-order valence-electron chi connectivity index (χ0n) is 15.3. The van der Waals surface area contributed by atoms with E-state index in [1.807, 2.05) is 40.2 Å². The summed E-state index contributed by atoms with van der Waals surface area (Å²) in [5.74, 6) is 0.726. The van der Waals surface area contributed by atoms with Crippen LogP contribution in [0.3, 0.4) is 0 Å². The van der Waals surface area contributed by atoms with E-state index in [4.69, 9.17) is 5.10 Å². The SMILES string of the molecule is Cc1ccc(Cc2nn3c(-c4c(C)nc5ccccn45)nnc3s2)cc1C. The van der Waals surface area contributed by atoms with Gasteiger partial charge in [-0.15, -0.1) is 10.2 Å². The first-order valence-electron chi connectivity index (χ1n) is 8.81. The highest BCUT2D eigenvalue weighted by atomic mass is 32.1. The quantitative estimate of drug-likeness (QED) is 0.479. The Morgan fingerprint density at radius 3 is 2.74 bits per heavy atom. The van der Waals surface area contributed by atoms with E-state index in [0.29, 0.717) is 0 Å². The van der Waals surface area contributed by atoms with E-state index < -0.39 is 0 Å². The van der Waals surface area contributed by atoms with Gasteiger partial charge in [0.05, 0.1) is 5.69 Å². The molecule has 0 aliphatic carbocycles. The van der Waals surface area contributed by atoms with Crippen LogP contribution in [0, 0.1) is 20.8 Å². The first kappa shape index (κ1) is 16.1. The smallest absolute Gasteiger partial charge is 0.235 e. The number of aromatic nitrogens is 6. The summed E-state index contributed by atoms with van der Waals surface area (Å²) < 4.78 is 3.87. The lowest BCUT2D eigenvalue weighted by Crippen LogP contribution is -1.97. The first-order valence-corrected chi connectivity index (χ1v) is 9.63. The van der Waals surface area contributed by atoms with Gasteiger partial charge < -0.3 is 0 Å². The molecule has 27 heavy (non-hydrogen) atoms. The summed E-state index contributed by atoms with van der Waals surface area (Å²) >= 11 is 1.58. The van der Waals surface area contributed by atoms with Gasteiger partial charge in [0.15, 0.2) is 0 Å². The zero-order valence-corrected chi connectivity index (χ0v) is 16.2. The molecule has 0 saturated heterocycles. The van der Waals surface area contributed by atoms with E-state index in [0.717, 1.165) is 39.2 Å². The Kier molecular flexibility index (Phi) is 3.58. The van der Waals surface area contributed by atoms with Crippen molar-refractivity contribution in [2.45, 2.75) is 27.2 Å². The molecule has 0 spiro atoms. The van der Waals surface area contributed by atoms with Gasteiger partial charge in [-0.2, -0.15) is 9.61 Å². The van der Waals surface area contributed by atoms with Gasteiger partial charge in [0.25, 0.3) is 0 Å². The third-order valence-electron chi connectivity index (χ3n) is 4.88. The maximum atomic E-state index is 4.79. The zero-order chi connectivity index (χ0) is 18.5. The average Bonchev–Trinajstić information content (AvgIpc) is 3.30. The minimum Gasteiger partial charge on any atom is -0.297 e. The van der Waals surface area contributed by atoms with Crippen molar-refractivity contribution in [3.63, 3.8) is 0 Å². The first-order chi connectivity index (χ1) is 13.1. The van der Waals surface area contributed by atoms with Gasteiger partial charge in [-0.05, 0) is 49.6 Å². The molecule has 0 bridgehead atoms. The van der Waals surface area contributed by atoms with Crippen molar-refractivity contribution >= 4 is 21.9 Å². The lowest BCUT2D eigenvalue weighted by atomic mass is 10.0. The fourth-order valence-electron chi connectivity index (χ4n) is 3.35. The molecule has 0 N–H and O–H groups in total. The van der Waals surface area contributed by atoms with Crippen molar-refractivity contribution < 1.29 is 0 Å². The van der Waals surface area contributed by atoms with Gasteiger partial charge >= 0.3 is 0 Å². The highest BCUT2D eigenvalue weighted by Gasteiger charge is 2.19. The van der Waals surface area contributed by atoms with Gasteiger partial charge in [-0.1, -0.05) is 35.6 Å². The maximum absolute atomic E-state index is 4.79. The molecule has 0 aliphatic rings. The lowest BCUT2D eigenvalue weighted by Gasteiger charge is -2.03. The van der Waals surface area contributed by atoms with E-state index in [2.05, 4.69) is 47.2 Å². The van der Waals surface area contributed by atoms with Gasteiger partial charge in [0.1, 0.15) is 16.3 Å². The molecule has 0 saturated carbocycles. The van der Waals surface area contributed by atoms with E-state index in [1.165, 1.54) is 16.7 Å². The Bertz CT molecular complexity index is 1290. The second-order valence-corrected chi connectivity index (χ2v) is 7.82. The number of aryl methyl sites for hydroxylation is 3. The number of benzene rings is 1. The summed E-state index contributed by atoms with van der Waals surface area (Å²) in [6.07, 6.45) is 2.79. The van der Waals surface area contributed by atoms with Crippen LogP contribution in [0.2, 0.25) is 0 Å². The summed E-state index contributed by atoms with van der Waals surface area (Å²) in [5.41, 5.74) is 6.61. The Morgan fingerprint density at radius 1 is 1.00 bits per heavy atom. The summed E-state index contributed by atoms with van der Waals surface area (Å²) in [6.45, 7) is 6.27. The van der Waals surface area contributed by atoms with Crippen molar-refractivity contribution in [2.24, 2.45) is 0 Å². The summed E-state index contributed by atoms with van der Waals surface area (Å²) in [7, 11) is 0. The second kappa shape index (κ2) is 5.99. The number of pyridine rings is 1. The molecule has 6 nitrogen and oxygen atoms in total. The average molecular weight is 374 g/mol. The number of rotatable bonds is 3. The van der Waals surface area contributed by atoms with Gasteiger partial charge in [0.2, 0.25) is 10.8 Å². The predicted molar refractivity (Wildman–Crippen MR) is 106 cm³/mol. The normalized spacial score (nSPS) is 11.7. The number of imidazole rings is 1. The van der Waals surface area contributed by atoms with E-state index in [-0.39, 0.29) is 0 Å². The Labute approximate surface area is 160 Å². The Balaban J connectivity index is 1.59. The van der Waals surface area contributed by atoms with Gasteiger partial charge in [-0.25, -0.2) is 4.98 Å². The summed E-state index contributed by atoms with van der Waals surface area (Å²) in [5, 5.41) is 14.5. The molecule has 7 heteroatoms. The molecule has 4 heterocycles. The molecule has 0 atom stereocenters. The highest BCUT2D eigenvalue weighted by molar-refractivity contribution is 7.16. The molecule has 134 valence electrons. The largest absolute Gasteiger partial charge is 0.297 e. The van der Waals surface area contributed by atoms with Crippen molar-refractivity contribution in [1.82, 2.24) is 29.2 Å². The molecule has 5 rings (SSSR count). The Morgan fingerprint density at radius 2 is 1.89 bits per heavy atom. The van der Waals surface area contributed by atoms with Crippen LogP contribution in [-0.4, -0.2) is 29.2 Å². The van der Waals surface area contributed by atoms with Crippen molar-refractivity contribution in [2.75, 3.05) is 0 Å². The molecular weight excluding hydrogens is 356 g/mol. The van der Waals surface area contributed by atoms with E-state index >= 15 is 0 Å². The van der Waals surface area contributed by atoms with Gasteiger partial charge in [-0.3, -0.25) is 4.40 Å². The molecular formula is C20H18N6S. The fourth-order valence-corrected chi connectivity index (χ4v) is 4.21. The molecule has 1 aromatic carbocycles. The number of nitrogens with zero attached hydrogens (tertiary/aromatic N) is 6. The number of hydrogen-bond acceptors (Lipinski definition) is 5. The van der Waals surface area contributed by atoms with Crippen LogP contribution in [0.5, 0.6) is 0 Å². The third kappa shape index (κ3) is 2.62. The fraction of sp³-hybridized carbons (Fsp3) is 0.200. The minimum absolute atomic E-state index is 0.726. The van der Waals surface area contributed by atoms with Crippen LogP contribution in [0.4, 0.5) is 0 Å². The predicted octanol–water partition coefficient (Wildman–Crippen LogP) is 4.02. The van der Waals surface area contributed by atoms with E-state index in [9.17, 15) is 0 Å². The Hall–Kier alpha value is -3.06. The monoisotopic (exact) mass is 374 g/mol. The van der Waals surface area contributed by atoms with Crippen LogP contribution >= 0.6 is 11.3 Å². The lowest BCUT2D eigenvalue weighted by molar-refractivity contribution is 0.908. The molecule has 5 aromatic rings. The second-order valence-electron chi connectivity index (χ2n) is 6.78. The maximum Gasteiger partial charge on any atom is 0.235 e. The molecule has 0 amide bonds. The minimum atomic E-state index is 0.726. The topological polar surface area (TPSA) is 60.4 Å².